The predicted molar refractivity (Wildman–Crippen MR) is 92.4 cm³/mol. The van der Waals surface area contributed by atoms with E-state index in [4.69, 9.17) is 4.74 Å². The van der Waals surface area contributed by atoms with Crippen molar-refractivity contribution in [2.45, 2.75) is 13.5 Å². The van der Waals surface area contributed by atoms with E-state index in [1.807, 2.05) is 0 Å². The van der Waals surface area contributed by atoms with Crippen molar-refractivity contribution in [2.24, 2.45) is 5.10 Å². The second-order valence-electron chi connectivity index (χ2n) is 5.19. The molecule has 10 heteroatoms. The summed E-state index contributed by atoms with van der Waals surface area (Å²) in [5, 5.41) is 14.7. The molecule has 0 aliphatic carbocycles. The van der Waals surface area contributed by atoms with Crippen molar-refractivity contribution in [1.29, 1.82) is 0 Å². The van der Waals surface area contributed by atoms with E-state index in [0.29, 0.717) is 11.3 Å². The highest BCUT2D eigenvalue weighted by Gasteiger charge is 2.13. The van der Waals surface area contributed by atoms with Gasteiger partial charge in [-0.1, -0.05) is 6.07 Å². The molecular formula is C17H15F2N3O5. The molecule has 0 radical (unpaired) electrons. The van der Waals surface area contributed by atoms with Crippen LogP contribution in [-0.4, -0.2) is 30.3 Å². The Balaban J connectivity index is 2.16. The number of hydrazone groups is 1. The summed E-state index contributed by atoms with van der Waals surface area (Å²) in [5.74, 6) is -0.695. The average Bonchev–Trinajstić information content (AvgIpc) is 2.65. The highest BCUT2D eigenvalue weighted by molar-refractivity contribution is 6.01. The summed E-state index contributed by atoms with van der Waals surface area (Å²) in [4.78, 5) is 22.2. The number of nitrogens with zero attached hydrogens (tertiary/aromatic N) is 2. The fourth-order valence-corrected chi connectivity index (χ4v) is 2.11. The first-order valence-corrected chi connectivity index (χ1v) is 7.54. The lowest BCUT2D eigenvalue weighted by Crippen LogP contribution is -2.19. The molecule has 0 aromatic heterocycles. The monoisotopic (exact) mass is 379 g/mol. The van der Waals surface area contributed by atoms with E-state index < -0.39 is 17.4 Å². The minimum absolute atomic E-state index is 0.0685. The Hall–Kier alpha value is -3.56. The van der Waals surface area contributed by atoms with Gasteiger partial charge in [-0.2, -0.15) is 13.9 Å². The third-order valence-electron chi connectivity index (χ3n) is 3.44. The number of rotatable bonds is 7. The summed E-state index contributed by atoms with van der Waals surface area (Å²) in [6.07, 6.45) is 0. The Kier molecular flexibility index (Phi) is 6.36. The van der Waals surface area contributed by atoms with Crippen molar-refractivity contribution in [3.05, 3.63) is 63.7 Å². The number of ether oxygens (including phenoxy) is 2. The maximum atomic E-state index is 12.4. The second-order valence-corrected chi connectivity index (χ2v) is 5.19. The maximum Gasteiger partial charge on any atom is 0.387 e. The Morgan fingerprint density at radius 1 is 1.19 bits per heavy atom. The van der Waals surface area contributed by atoms with Gasteiger partial charge in [0.1, 0.15) is 0 Å². The van der Waals surface area contributed by atoms with Crippen molar-refractivity contribution in [1.82, 2.24) is 5.43 Å². The first-order chi connectivity index (χ1) is 12.8. The van der Waals surface area contributed by atoms with Crippen molar-refractivity contribution in [2.75, 3.05) is 7.11 Å². The number of nitro groups is 1. The van der Waals surface area contributed by atoms with Gasteiger partial charge in [0, 0.05) is 23.3 Å². The summed E-state index contributed by atoms with van der Waals surface area (Å²) >= 11 is 0. The molecule has 2 rings (SSSR count). The van der Waals surface area contributed by atoms with E-state index in [2.05, 4.69) is 15.3 Å². The van der Waals surface area contributed by atoms with Gasteiger partial charge in [-0.25, -0.2) is 5.43 Å². The van der Waals surface area contributed by atoms with Crippen LogP contribution < -0.4 is 14.9 Å². The fourth-order valence-electron chi connectivity index (χ4n) is 2.11. The van der Waals surface area contributed by atoms with Crippen LogP contribution in [0.1, 0.15) is 22.8 Å². The smallest absolute Gasteiger partial charge is 0.387 e. The van der Waals surface area contributed by atoms with Gasteiger partial charge in [0.15, 0.2) is 11.5 Å². The lowest BCUT2D eigenvalue weighted by atomic mass is 10.1. The minimum atomic E-state index is -2.99. The third-order valence-corrected chi connectivity index (χ3v) is 3.44. The molecule has 2 aromatic carbocycles. The van der Waals surface area contributed by atoms with E-state index in [-0.39, 0.29) is 22.7 Å². The Bertz CT molecular complexity index is 887. The zero-order valence-corrected chi connectivity index (χ0v) is 14.3. The van der Waals surface area contributed by atoms with Crippen molar-refractivity contribution >= 4 is 17.3 Å². The highest BCUT2D eigenvalue weighted by Crippen LogP contribution is 2.29. The van der Waals surface area contributed by atoms with E-state index in [0.717, 1.165) is 6.07 Å². The highest BCUT2D eigenvalue weighted by atomic mass is 19.3. The molecule has 0 bridgehead atoms. The summed E-state index contributed by atoms with van der Waals surface area (Å²) in [6, 6.07) is 9.37. The van der Waals surface area contributed by atoms with Crippen molar-refractivity contribution in [3.63, 3.8) is 0 Å². The molecule has 0 saturated heterocycles. The van der Waals surface area contributed by atoms with E-state index in [1.165, 1.54) is 43.5 Å². The van der Waals surface area contributed by atoms with Gasteiger partial charge in [-0.05, 0) is 31.2 Å². The van der Waals surface area contributed by atoms with Gasteiger partial charge >= 0.3 is 6.61 Å². The third kappa shape index (κ3) is 5.21. The number of carbonyl (C=O) groups is 1. The van der Waals surface area contributed by atoms with E-state index >= 15 is 0 Å². The number of hydrogen-bond donors (Lipinski definition) is 1. The van der Waals surface area contributed by atoms with Gasteiger partial charge in [0.25, 0.3) is 11.6 Å². The zero-order chi connectivity index (χ0) is 20.0. The summed E-state index contributed by atoms with van der Waals surface area (Å²) in [7, 11) is 1.30. The minimum Gasteiger partial charge on any atom is -0.493 e. The van der Waals surface area contributed by atoms with E-state index in [1.54, 1.807) is 6.92 Å². The fraction of sp³-hybridized carbons (Fsp3) is 0.176. The summed E-state index contributed by atoms with van der Waals surface area (Å²) in [6.45, 7) is -1.41. The van der Waals surface area contributed by atoms with Gasteiger partial charge in [-0.15, -0.1) is 0 Å². The topological polar surface area (TPSA) is 103 Å². The maximum absolute atomic E-state index is 12.4. The number of methoxy groups -OCH3 is 1. The number of carbonyl (C=O) groups excluding carboxylic acids is 1. The quantitative estimate of drug-likeness (QED) is 0.451. The number of alkyl halides is 2. The van der Waals surface area contributed by atoms with E-state index in [9.17, 15) is 23.7 Å². The molecule has 0 heterocycles. The van der Waals surface area contributed by atoms with Crippen molar-refractivity contribution in [3.8, 4) is 11.5 Å². The Morgan fingerprint density at radius 3 is 2.56 bits per heavy atom. The molecule has 0 aliphatic rings. The average molecular weight is 379 g/mol. The standard InChI is InChI=1S/C17H15F2N3O5/c1-10(11-6-7-14(27-17(18)19)15(9-11)26-2)20-21-16(23)12-4-3-5-13(8-12)22(24)25/h3-9,17H,1-2H3,(H,21,23)/b20-10-. The van der Waals surface area contributed by atoms with Crippen LogP contribution >= 0.6 is 0 Å². The number of nitro benzene ring substituents is 1. The summed E-state index contributed by atoms with van der Waals surface area (Å²) < 4.78 is 34.0. The number of benzene rings is 2. The van der Waals surface area contributed by atoms with Crippen LogP contribution in [-0.2, 0) is 0 Å². The molecular weight excluding hydrogens is 364 g/mol. The molecule has 0 aliphatic heterocycles. The first kappa shape index (κ1) is 19.8. The molecule has 0 saturated carbocycles. The molecule has 8 nitrogen and oxygen atoms in total. The number of nitrogens with one attached hydrogen (secondary N) is 1. The van der Waals surface area contributed by atoms with Crippen LogP contribution in [0, 0.1) is 10.1 Å². The molecule has 2 aromatic rings. The SMILES string of the molecule is COc1cc(/C(C)=N\NC(=O)c2cccc([N+](=O)[O-])c2)ccc1OC(F)F. The molecule has 1 amide bonds. The number of halogens is 2. The number of non-ortho nitro benzene ring substituents is 1. The van der Waals surface area contributed by atoms with Gasteiger partial charge in [0.05, 0.1) is 17.7 Å². The van der Waals surface area contributed by atoms with Gasteiger partial charge < -0.3 is 9.47 Å². The number of hydrogen-bond acceptors (Lipinski definition) is 6. The summed E-state index contributed by atoms with van der Waals surface area (Å²) in [5.41, 5.74) is 2.98. The molecule has 0 atom stereocenters. The van der Waals surface area contributed by atoms with Crippen LogP contribution in [0.5, 0.6) is 11.5 Å². The molecule has 1 N–H and O–H groups in total. The Morgan fingerprint density at radius 2 is 1.93 bits per heavy atom. The van der Waals surface area contributed by atoms with Crippen LogP contribution in [0.4, 0.5) is 14.5 Å². The molecule has 27 heavy (non-hydrogen) atoms. The van der Waals surface area contributed by atoms with Gasteiger partial charge in [-0.3, -0.25) is 14.9 Å². The van der Waals surface area contributed by atoms with Crippen molar-refractivity contribution < 1.29 is 28.0 Å². The van der Waals surface area contributed by atoms with Gasteiger partial charge in [0.2, 0.25) is 0 Å². The lowest BCUT2D eigenvalue weighted by molar-refractivity contribution is -0.384. The molecule has 0 fully saturated rings. The second kappa shape index (κ2) is 8.70. The zero-order valence-electron chi connectivity index (χ0n) is 14.3. The predicted octanol–water partition coefficient (Wildman–Crippen LogP) is 3.36. The first-order valence-electron chi connectivity index (χ1n) is 7.54. The van der Waals surface area contributed by atoms with Crippen LogP contribution in [0.3, 0.4) is 0 Å². The normalized spacial score (nSPS) is 11.2. The number of amides is 1. The van der Waals surface area contributed by atoms with Crippen LogP contribution in [0.15, 0.2) is 47.6 Å². The molecule has 0 unspecified atom stereocenters. The largest absolute Gasteiger partial charge is 0.493 e. The van der Waals surface area contributed by atoms with Crippen LogP contribution in [0.2, 0.25) is 0 Å². The van der Waals surface area contributed by atoms with Crippen LogP contribution in [0.25, 0.3) is 0 Å². The molecule has 0 spiro atoms. The Labute approximate surface area is 152 Å². The molecule has 142 valence electrons. The lowest BCUT2D eigenvalue weighted by Gasteiger charge is -2.11.